The van der Waals surface area contributed by atoms with Crippen LogP contribution in [0, 0.1) is 6.92 Å². The van der Waals surface area contributed by atoms with Crippen LogP contribution in [0.4, 0.5) is 5.95 Å². The van der Waals surface area contributed by atoms with E-state index in [9.17, 15) is 4.79 Å². The number of nitrogens with zero attached hydrogens (tertiary/aromatic N) is 4. The second-order valence-electron chi connectivity index (χ2n) is 3.54. The molecule has 8 nitrogen and oxygen atoms in total. The van der Waals surface area contributed by atoms with Gasteiger partial charge in [-0.15, -0.1) is 0 Å². The maximum absolute atomic E-state index is 10.8. The standard InChI is InChI=1S/C10H11N5O3/c1-6-4-7(9(16)17)15-10(14-6)11-3-2-8-12-5-13-18-8/h4-5H,2-3H2,1H3,(H,16,17)(H,11,14,15). The van der Waals surface area contributed by atoms with Crippen LogP contribution in [0.5, 0.6) is 0 Å². The molecule has 0 atom stereocenters. The minimum absolute atomic E-state index is 0.0391. The van der Waals surface area contributed by atoms with Gasteiger partial charge < -0.3 is 14.9 Å². The lowest BCUT2D eigenvalue weighted by atomic mass is 10.3. The van der Waals surface area contributed by atoms with Crippen LogP contribution in [0.1, 0.15) is 22.1 Å². The Morgan fingerprint density at radius 1 is 1.50 bits per heavy atom. The number of carbonyl (C=O) groups is 1. The van der Waals surface area contributed by atoms with Crippen molar-refractivity contribution >= 4 is 11.9 Å². The summed E-state index contributed by atoms with van der Waals surface area (Å²) in [7, 11) is 0. The predicted octanol–water partition coefficient (Wildman–Crippen LogP) is 0.521. The van der Waals surface area contributed by atoms with Crippen LogP contribution in [0.3, 0.4) is 0 Å². The molecule has 0 saturated carbocycles. The highest BCUT2D eigenvalue weighted by Gasteiger charge is 2.08. The first-order chi connectivity index (χ1) is 8.65. The highest BCUT2D eigenvalue weighted by atomic mass is 16.5. The van der Waals surface area contributed by atoms with E-state index in [1.165, 1.54) is 12.4 Å². The number of aromatic carboxylic acids is 1. The van der Waals surface area contributed by atoms with Gasteiger partial charge in [0.1, 0.15) is 0 Å². The molecule has 0 saturated heterocycles. The van der Waals surface area contributed by atoms with Crippen molar-refractivity contribution in [3.05, 3.63) is 29.7 Å². The molecule has 0 aliphatic heterocycles. The van der Waals surface area contributed by atoms with E-state index >= 15 is 0 Å². The van der Waals surface area contributed by atoms with Crippen molar-refractivity contribution in [3.63, 3.8) is 0 Å². The molecule has 0 amide bonds. The minimum Gasteiger partial charge on any atom is -0.477 e. The van der Waals surface area contributed by atoms with Crippen molar-refractivity contribution in [2.45, 2.75) is 13.3 Å². The first-order valence-electron chi connectivity index (χ1n) is 5.23. The summed E-state index contributed by atoms with van der Waals surface area (Å²) in [5, 5.41) is 15.2. The van der Waals surface area contributed by atoms with Crippen LogP contribution in [0.25, 0.3) is 0 Å². The fourth-order valence-corrected chi connectivity index (χ4v) is 1.34. The van der Waals surface area contributed by atoms with E-state index in [1.54, 1.807) is 6.92 Å². The van der Waals surface area contributed by atoms with E-state index < -0.39 is 5.97 Å². The molecule has 0 aliphatic carbocycles. The van der Waals surface area contributed by atoms with Gasteiger partial charge in [-0.05, 0) is 13.0 Å². The molecular formula is C10H11N5O3. The van der Waals surface area contributed by atoms with E-state index in [-0.39, 0.29) is 11.6 Å². The van der Waals surface area contributed by atoms with Gasteiger partial charge in [0.15, 0.2) is 12.0 Å². The highest BCUT2D eigenvalue weighted by Crippen LogP contribution is 2.05. The number of hydrogen-bond donors (Lipinski definition) is 2. The number of aromatic nitrogens is 4. The Labute approximate surface area is 102 Å². The molecule has 0 aliphatic rings. The maximum Gasteiger partial charge on any atom is 0.354 e. The summed E-state index contributed by atoms with van der Waals surface area (Å²) in [5.74, 6) is -0.319. The van der Waals surface area contributed by atoms with Gasteiger partial charge in [-0.1, -0.05) is 5.16 Å². The largest absolute Gasteiger partial charge is 0.477 e. The van der Waals surface area contributed by atoms with Gasteiger partial charge in [0.25, 0.3) is 0 Å². The Morgan fingerprint density at radius 3 is 3.00 bits per heavy atom. The summed E-state index contributed by atoms with van der Waals surface area (Å²) in [4.78, 5) is 22.6. The van der Waals surface area contributed by atoms with Crippen molar-refractivity contribution in [1.82, 2.24) is 20.1 Å². The molecule has 8 heteroatoms. The highest BCUT2D eigenvalue weighted by molar-refractivity contribution is 5.85. The quantitative estimate of drug-likeness (QED) is 0.788. The van der Waals surface area contributed by atoms with Crippen molar-refractivity contribution in [1.29, 1.82) is 0 Å². The molecule has 94 valence electrons. The second-order valence-corrected chi connectivity index (χ2v) is 3.54. The lowest BCUT2D eigenvalue weighted by Gasteiger charge is -2.04. The molecule has 18 heavy (non-hydrogen) atoms. The van der Waals surface area contributed by atoms with Gasteiger partial charge >= 0.3 is 5.97 Å². The molecule has 0 unspecified atom stereocenters. The average Bonchev–Trinajstić information content (AvgIpc) is 2.81. The molecule has 2 rings (SSSR count). The number of anilines is 1. The Kier molecular flexibility index (Phi) is 3.46. The van der Waals surface area contributed by atoms with E-state index in [0.29, 0.717) is 24.6 Å². The second kappa shape index (κ2) is 5.21. The monoisotopic (exact) mass is 249 g/mol. The molecule has 2 aromatic rings. The Hall–Kier alpha value is -2.51. The zero-order valence-electron chi connectivity index (χ0n) is 9.62. The van der Waals surface area contributed by atoms with E-state index in [0.717, 1.165) is 0 Å². The molecular weight excluding hydrogens is 238 g/mol. The molecule has 0 aromatic carbocycles. The molecule has 0 radical (unpaired) electrons. The van der Waals surface area contributed by atoms with E-state index in [2.05, 4.69) is 25.4 Å². The van der Waals surface area contributed by atoms with Gasteiger partial charge in [-0.25, -0.2) is 14.8 Å². The van der Waals surface area contributed by atoms with Crippen molar-refractivity contribution in [2.75, 3.05) is 11.9 Å². The third-order valence-electron chi connectivity index (χ3n) is 2.10. The lowest BCUT2D eigenvalue weighted by Crippen LogP contribution is -2.11. The first-order valence-corrected chi connectivity index (χ1v) is 5.23. The fourth-order valence-electron chi connectivity index (χ4n) is 1.34. The Balaban J connectivity index is 1.98. The average molecular weight is 249 g/mol. The molecule has 2 heterocycles. The third-order valence-corrected chi connectivity index (χ3v) is 2.10. The van der Waals surface area contributed by atoms with Gasteiger partial charge in [-0.3, -0.25) is 0 Å². The summed E-state index contributed by atoms with van der Waals surface area (Å²) in [6.07, 6.45) is 1.83. The van der Waals surface area contributed by atoms with Crippen LogP contribution in [0.15, 0.2) is 16.9 Å². The number of carboxylic acid groups (broad SMARTS) is 1. The van der Waals surface area contributed by atoms with Gasteiger partial charge in [0.2, 0.25) is 11.8 Å². The van der Waals surface area contributed by atoms with Crippen molar-refractivity contribution < 1.29 is 14.4 Å². The predicted molar refractivity (Wildman–Crippen MR) is 60.2 cm³/mol. The summed E-state index contributed by atoms with van der Waals surface area (Å²) < 4.78 is 4.82. The Morgan fingerprint density at radius 2 is 2.33 bits per heavy atom. The molecule has 2 aromatic heterocycles. The van der Waals surface area contributed by atoms with E-state index in [4.69, 9.17) is 9.63 Å². The Bertz CT molecular complexity index is 540. The smallest absolute Gasteiger partial charge is 0.354 e. The number of carboxylic acids is 1. The van der Waals surface area contributed by atoms with Crippen molar-refractivity contribution in [3.8, 4) is 0 Å². The summed E-state index contributed by atoms with van der Waals surface area (Å²) in [5.41, 5.74) is 0.547. The summed E-state index contributed by atoms with van der Waals surface area (Å²) in [6.45, 7) is 2.18. The molecule has 0 bridgehead atoms. The maximum atomic E-state index is 10.8. The minimum atomic E-state index is -1.08. The van der Waals surface area contributed by atoms with Crippen LogP contribution in [-0.4, -0.2) is 37.7 Å². The normalized spacial score (nSPS) is 10.3. The molecule has 0 spiro atoms. The zero-order valence-corrected chi connectivity index (χ0v) is 9.62. The topological polar surface area (TPSA) is 114 Å². The lowest BCUT2D eigenvalue weighted by molar-refractivity contribution is 0.0690. The van der Waals surface area contributed by atoms with Gasteiger partial charge in [-0.2, -0.15) is 4.98 Å². The van der Waals surface area contributed by atoms with Crippen LogP contribution >= 0.6 is 0 Å². The first kappa shape index (κ1) is 12.0. The van der Waals surface area contributed by atoms with Gasteiger partial charge in [0, 0.05) is 18.7 Å². The van der Waals surface area contributed by atoms with Crippen LogP contribution < -0.4 is 5.32 Å². The number of aryl methyl sites for hydroxylation is 1. The number of nitrogens with one attached hydrogen (secondary N) is 1. The number of rotatable bonds is 5. The van der Waals surface area contributed by atoms with Crippen LogP contribution in [0.2, 0.25) is 0 Å². The summed E-state index contributed by atoms with van der Waals surface area (Å²) in [6, 6.07) is 1.41. The fraction of sp³-hybridized carbons (Fsp3) is 0.300. The van der Waals surface area contributed by atoms with Gasteiger partial charge in [0.05, 0.1) is 0 Å². The van der Waals surface area contributed by atoms with E-state index in [1.807, 2.05) is 0 Å². The molecule has 0 fully saturated rings. The number of hydrogen-bond acceptors (Lipinski definition) is 7. The van der Waals surface area contributed by atoms with Crippen molar-refractivity contribution in [2.24, 2.45) is 0 Å². The zero-order chi connectivity index (χ0) is 13.0. The van der Waals surface area contributed by atoms with Crippen LogP contribution in [-0.2, 0) is 6.42 Å². The molecule has 2 N–H and O–H groups in total. The third kappa shape index (κ3) is 3.00. The SMILES string of the molecule is Cc1cc(C(=O)O)nc(NCCc2ncno2)n1. The summed E-state index contributed by atoms with van der Waals surface area (Å²) >= 11 is 0.